The summed E-state index contributed by atoms with van der Waals surface area (Å²) in [6.07, 6.45) is 1.46. The van der Waals surface area contributed by atoms with Gasteiger partial charge in [0.1, 0.15) is 6.33 Å². The van der Waals surface area contributed by atoms with Gasteiger partial charge in [0.2, 0.25) is 0 Å². The van der Waals surface area contributed by atoms with Crippen molar-refractivity contribution in [1.29, 1.82) is 0 Å². The van der Waals surface area contributed by atoms with Crippen LogP contribution in [0.4, 0.5) is 5.69 Å². The molecule has 1 heterocycles. The minimum Gasteiger partial charge on any atom is -0.268 e. The summed E-state index contributed by atoms with van der Waals surface area (Å²) in [6.45, 7) is 0. The van der Waals surface area contributed by atoms with E-state index >= 15 is 0 Å². The topological polar surface area (TPSA) is 78.0 Å². The van der Waals surface area contributed by atoms with Crippen LogP contribution in [0.5, 0.6) is 0 Å². The third-order valence-electron chi connectivity index (χ3n) is 4.38. The van der Waals surface area contributed by atoms with E-state index in [0.717, 1.165) is 11.1 Å². The quantitative estimate of drug-likeness (QED) is 0.382. The first-order chi connectivity index (χ1) is 13.6. The van der Waals surface area contributed by atoms with Crippen LogP contribution in [0.3, 0.4) is 0 Å². The van der Waals surface area contributed by atoms with Gasteiger partial charge in [-0.1, -0.05) is 66.7 Å². The average molecular weight is 369 g/mol. The van der Waals surface area contributed by atoms with Crippen molar-refractivity contribution in [3.8, 4) is 22.5 Å². The third-order valence-corrected chi connectivity index (χ3v) is 4.38. The van der Waals surface area contributed by atoms with E-state index < -0.39 is 4.92 Å². The second-order valence-electron chi connectivity index (χ2n) is 6.16. The van der Waals surface area contributed by atoms with Gasteiger partial charge in [-0.3, -0.25) is 19.5 Å². The summed E-state index contributed by atoms with van der Waals surface area (Å²) in [6, 6.07) is 24.8. The normalized spacial score (nSPS) is 10.6. The maximum Gasteiger partial charge on any atom is 0.270 e. The summed E-state index contributed by atoms with van der Waals surface area (Å²) in [5.74, 6) is -0.378. The van der Waals surface area contributed by atoms with Crippen LogP contribution in [-0.4, -0.2) is 20.4 Å². The summed E-state index contributed by atoms with van der Waals surface area (Å²) in [7, 11) is 0. The Bertz CT molecular complexity index is 1150. The van der Waals surface area contributed by atoms with E-state index in [-0.39, 0.29) is 17.2 Å². The number of aromatic nitrogens is 2. The third kappa shape index (κ3) is 3.19. The first kappa shape index (κ1) is 17.4. The minimum atomic E-state index is -0.516. The number of hydrogen-bond acceptors (Lipinski definition) is 4. The molecule has 1 aromatic heterocycles. The summed E-state index contributed by atoms with van der Waals surface area (Å²) < 4.78 is 1.44. The molecule has 6 heteroatoms. The van der Waals surface area contributed by atoms with Crippen molar-refractivity contribution in [2.75, 3.05) is 0 Å². The van der Waals surface area contributed by atoms with Crippen LogP contribution in [0.25, 0.3) is 22.5 Å². The molecule has 28 heavy (non-hydrogen) atoms. The zero-order valence-corrected chi connectivity index (χ0v) is 14.7. The van der Waals surface area contributed by atoms with Gasteiger partial charge in [-0.25, -0.2) is 4.98 Å². The minimum absolute atomic E-state index is 0.129. The largest absolute Gasteiger partial charge is 0.270 e. The van der Waals surface area contributed by atoms with Gasteiger partial charge in [0.15, 0.2) is 0 Å². The Hall–Kier alpha value is -4.06. The van der Waals surface area contributed by atoms with Gasteiger partial charge < -0.3 is 0 Å². The van der Waals surface area contributed by atoms with Crippen LogP contribution in [0.1, 0.15) is 10.4 Å². The Labute approximate surface area is 160 Å². The highest BCUT2D eigenvalue weighted by atomic mass is 16.6. The predicted molar refractivity (Wildman–Crippen MR) is 106 cm³/mol. The van der Waals surface area contributed by atoms with Crippen LogP contribution >= 0.6 is 0 Å². The summed E-state index contributed by atoms with van der Waals surface area (Å²) >= 11 is 0. The molecule has 0 amide bonds. The lowest BCUT2D eigenvalue weighted by Gasteiger charge is -2.10. The van der Waals surface area contributed by atoms with E-state index in [1.54, 1.807) is 6.07 Å². The Balaban J connectivity index is 1.88. The van der Waals surface area contributed by atoms with Crippen molar-refractivity contribution in [2.24, 2.45) is 0 Å². The van der Waals surface area contributed by atoms with Crippen molar-refractivity contribution >= 4 is 11.6 Å². The Kier molecular flexibility index (Phi) is 4.51. The molecule has 4 aromatic rings. The number of carbonyl (C=O) groups excluding carboxylic acids is 1. The molecule has 0 saturated carbocycles. The van der Waals surface area contributed by atoms with E-state index in [4.69, 9.17) is 0 Å². The molecule has 136 valence electrons. The summed E-state index contributed by atoms with van der Waals surface area (Å²) in [5.41, 5.74) is 3.12. The predicted octanol–water partition coefficient (Wildman–Crippen LogP) is 4.81. The van der Waals surface area contributed by atoms with Crippen LogP contribution in [0, 0.1) is 10.1 Å². The molecule has 0 bridgehead atoms. The van der Waals surface area contributed by atoms with Gasteiger partial charge in [0.25, 0.3) is 11.6 Å². The second kappa shape index (κ2) is 7.28. The standard InChI is InChI=1S/C22H15N3O3/c26-22(18-12-7-13-19(14-18)25(27)28)24-15-23-20(16-8-3-1-4-9-16)21(24)17-10-5-2-6-11-17/h1-15H. The Morgan fingerprint density at radius 1 is 0.857 bits per heavy atom. The number of nitrogens with zero attached hydrogens (tertiary/aromatic N) is 3. The number of rotatable bonds is 4. The number of nitro benzene ring substituents is 1. The van der Waals surface area contributed by atoms with E-state index in [0.29, 0.717) is 11.4 Å². The molecule has 3 aromatic carbocycles. The molecule has 0 aliphatic rings. The number of non-ortho nitro benzene ring substituents is 1. The molecule has 0 spiro atoms. The molecular formula is C22H15N3O3. The fourth-order valence-electron chi connectivity index (χ4n) is 3.07. The van der Waals surface area contributed by atoms with Crippen LogP contribution < -0.4 is 0 Å². The summed E-state index contributed by atoms with van der Waals surface area (Å²) in [4.78, 5) is 28.2. The molecule has 0 N–H and O–H groups in total. The molecule has 0 saturated heterocycles. The first-order valence-corrected chi connectivity index (χ1v) is 8.62. The molecular weight excluding hydrogens is 354 g/mol. The molecule has 0 aliphatic heterocycles. The highest BCUT2D eigenvalue weighted by Crippen LogP contribution is 2.31. The van der Waals surface area contributed by atoms with E-state index in [2.05, 4.69) is 4.98 Å². The lowest BCUT2D eigenvalue weighted by molar-refractivity contribution is -0.384. The molecule has 0 atom stereocenters. The molecule has 0 radical (unpaired) electrons. The smallest absolute Gasteiger partial charge is 0.268 e. The first-order valence-electron chi connectivity index (χ1n) is 8.62. The maximum absolute atomic E-state index is 13.2. The molecule has 0 aliphatic carbocycles. The van der Waals surface area contributed by atoms with Crippen molar-refractivity contribution in [1.82, 2.24) is 9.55 Å². The zero-order chi connectivity index (χ0) is 19.5. The van der Waals surface area contributed by atoms with Crippen molar-refractivity contribution in [3.63, 3.8) is 0 Å². The highest BCUT2D eigenvalue weighted by molar-refractivity contribution is 6.00. The van der Waals surface area contributed by atoms with Gasteiger partial charge in [0, 0.05) is 28.8 Å². The number of hydrogen-bond donors (Lipinski definition) is 0. The molecule has 0 unspecified atom stereocenters. The average Bonchev–Trinajstić information content (AvgIpc) is 3.19. The molecule has 6 nitrogen and oxygen atoms in total. The monoisotopic (exact) mass is 369 g/mol. The number of benzene rings is 3. The highest BCUT2D eigenvalue weighted by Gasteiger charge is 2.21. The summed E-state index contributed by atoms with van der Waals surface area (Å²) in [5, 5.41) is 11.1. The van der Waals surface area contributed by atoms with E-state index in [9.17, 15) is 14.9 Å². The number of nitro groups is 1. The molecule has 4 rings (SSSR count). The lowest BCUT2D eigenvalue weighted by atomic mass is 10.0. The van der Waals surface area contributed by atoms with Gasteiger partial charge >= 0.3 is 0 Å². The van der Waals surface area contributed by atoms with Crippen LogP contribution in [0.15, 0.2) is 91.3 Å². The van der Waals surface area contributed by atoms with Crippen molar-refractivity contribution in [3.05, 3.63) is 107 Å². The second-order valence-corrected chi connectivity index (χ2v) is 6.16. The van der Waals surface area contributed by atoms with Crippen molar-refractivity contribution in [2.45, 2.75) is 0 Å². The number of carbonyl (C=O) groups is 1. The Morgan fingerprint density at radius 3 is 2.14 bits per heavy atom. The molecule has 0 fully saturated rings. The Morgan fingerprint density at radius 2 is 1.50 bits per heavy atom. The van der Waals surface area contributed by atoms with Gasteiger partial charge in [-0.2, -0.15) is 0 Å². The lowest BCUT2D eigenvalue weighted by Crippen LogP contribution is -2.12. The van der Waals surface area contributed by atoms with Gasteiger partial charge in [-0.15, -0.1) is 0 Å². The maximum atomic E-state index is 13.2. The van der Waals surface area contributed by atoms with E-state index in [1.165, 1.54) is 29.1 Å². The van der Waals surface area contributed by atoms with Crippen molar-refractivity contribution < 1.29 is 9.72 Å². The van der Waals surface area contributed by atoms with Gasteiger partial charge in [-0.05, 0) is 6.07 Å². The fraction of sp³-hybridized carbons (Fsp3) is 0. The van der Waals surface area contributed by atoms with E-state index in [1.807, 2.05) is 60.7 Å². The number of imidazole rings is 1. The van der Waals surface area contributed by atoms with Crippen LogP contribution in [-0.2, 0) is 0 Å². The van der Waals surface area contributed by atoms with Crippen LogP contribution in [0.2, 0.25) is 0 Å². The fourth-order valence-corrected chi connectivity index (χ4v) is 3.07. The van der Waals surface area contributed by atoms with Gasteiger partial charge in [0.05, 0.1) is 16.3 Å². The SMILES string of the molecule is O=C(c1cccc([N+](=O)[O-])c1)n1cnc(-c2ccccc2)c1-c1ccccc1. The zero-order valence-electron chi connectivity index (χ0n) is 14.7.